The Hall–Kier alpha value is -1.59. The fraction of sp³-hybridized carbons (Fsp3) is 0.611. The van der Waals surface area contributed by atoms with Gasteiger partial charge in [0.05, 0.1) is 12.6 Å². The van der Waals surface area contributed by atoms with Crippen LogP contribution >= 0.6 is 0 Å². The van der Waals surface area contributed by atoms with E-state index in [9.17, 15) is 4.79 Å². The first-order valence-corrected chi connectivity index (χ1v) is 8.53. The molecule has 2 fully saturated rings. The number of hydrogen-bond donors (Lipinski definition) is 0. The normalized spacial score (nSPS) is 24.6. The number of amides is 1. The Balaban J connectivity index is 1.44. The van der Waals surface area contributed by atoms with Gasteiger partial charge in [-0.2, -0.15) is 0 Å². The smallest absolute Gasteiger partial charge is 0.410 e. The molecule has 0 aliphatic carbocycles. The average molecular weight is 319 g/mol. The molecule has 1 aromatic carbocycles. The maximum Gasteiger partial charge on any atom is 0.410 e. The predicted octanol–water partition coefficient (Wildman–Crippen LogP) is 3.33. The van der Waals surface area contributed by atoms with Crippen LogP contribution in [-0.2, 0) is 20.8 Å². The third-order valence-electron chi connectivity index (χ3n) is 4.43. The van der Waals surface area contributed by atoms with E-state index in [0.717, 1.165) is 50.8 Å². The van der Waals surface area contributed by atoms with Crippen LogP contribution in [0, 0.1) is 0 Å². The van der Waals surface area contributed by atoms with Gasteiger partial charge >= 0.3 is 6.09 Å². The van der Waals surface area contributed by atoms with Crippen LogP contribution in [0.2, 0.25) is 0 Å². The molecule has 0 spiro atoms. The van der Waals surface area contributed by atoms with Crippen molar-refractivity contribution in [2.24, 2.45) is 0 Å². The molecule has 2 atom stereocenters. The monoisotopic (exact) mass is 319 g/mol. The molecule has 2 aliphatic rings. The van der Waals surface area contributed by atoms with Crippen molar-refractivity contribution in [3.63, 3.8) is 0 Å². The van der Waals surface area contributed by atoms with Crippen LogP contribution < -0.4 is 0 Å². The third-order valence-corrected chi connectivity index (χ3v) is 4.43. The van der Waals surface area contributed by atoms with Crippen molar-refractivity contribution in [1.29, 1.82) is 0 Å². The number of likely N-dealkylation sites (tertiary alicyclic amines) is 1. The number of nitrogens with zero attached hydrogens (tertiary/aromatic N) is 1. The minimum atomic E-state index is -0.246. The van der Waals surface area contributed by atoms with Crippen molar-refractivity contribution in [3.05, 3.63) is 35.9 Å². The topological polar surface area (TPSA) is 48.0 Å². The first kappa shape index (κ1) is 16.3. The van der Waals surface area contributed by atoms with E-state index in [4.69, 9.17) is 14.2 Å². The van der Waals surface area contributed by atoms with Gasteiger partial charge in [-0.3, -0.25) is 0 Å². The number of carbonyl (C=O) groups excluding carboxylic acids is 1. The molecule has 0 N–H and O–H groups in total. The summed E-state index contributed by atoms with van der Waals surface area (Å²) >= 11 is 0. The molecule has 2 saturated heterocycles. The molecule has 0 radical (unpaired) electrons. The van der Waals surface area contributed by atoms with E-state index < -0.39 is 0 Å². The highest BCUT2D eigenvalue weighted by atomic mass is 16.7. The lowest BCUT2D eigenvalue weighted by molar-refractivity contribution is -0.168. The summed E-state index contributed by atoms with van der Waals surface area (Å²) < 4.78 is 16.9. The summed E-state index contributed by atoms with van der Waals surface area (Å²) in [6.07, 6.45) is 4.83. The molecule has 23 heavy (non-hydrogen) atoms. The van der Waals surface area contributed by atoms with Crippen LogP contribution in [0.4, 0.5) is 4.79 Å². The zero-order valence-electron chi connectivity index (χ0n) is 13.5. The number of hydrogen-bond acceptors (Lipinski definition) is 4. The molecule has 1 unspecified atom stereocenters. The number of benzene rings is 1. The van der Waals surface area contributed by atoms with Crippen molar-refractivity contribution in [2.75, 3.05) is 19.8 Å². The van der Waals surface area contributed by atoms with E-state index in [1.165, 1.54) is 0 Å². The fourth-order valence-corrected chi connectivity index (χ4v) is 3.11. The van der Waals surface area contributed by atoms with Gasteiger partial charge in [0.1, 0.15) is 6.61 Å². The van der Waals surface area contributed by atoms with E-state index in [1.54, 1.807) is 4.90 Å². The molecule has 5 heteroatoms. The van der Waals surface area contributed by atoms with E-state index in [0.29, 0.717) is 13.2 Å². The van der Waals surface area contributed by atoms with Crippen LogP contribution in [0.5, 0.6) is 0 Å². The zero-order valence-corrected chi connectivity index (χ0v) is 13.5. The minimum Gasteiger partial charge on any atom is -0.445 e. The van der Waals surface area contributed by atoms with Gasteiger partial charge in [0, 0.05) is 13.2 Å². The van der Waals surface area contributed by atoms with Gasteiger partial charge in [-0.1, -0.05) is 30.3 Å². The Morgan fingerprint density at radius 3 is 2.83 bits per heavy atom. The van der Waals surface area contributed by atoms with Crippen molar-refractivity contribution in [3.8, 4) is 0 Å². The first-order chi connectivity index (χ1) is 11.3. The number of rotatable bonds is 5. The van der Waals surface area contributed by atoms with Gasteiger partial charge in [-0.15, -0.1) is 0 Å². The largest absolute Gasteiger partial charge is 0.445 e. The SMILES string of the molecule is O=C(OCc1ccccc1)N1CCCC1CO[C@H]1CCCCO1. The van der Waals surface area contributed by atoms with E-state index >= 15 is 0 Å². The maximum atomic E-state index is 12.3. The first-order valence-electron chi connectivity index (χ1n) is 8.53. The molecule has 0 saturated carbocycles. The summed E-state index contributed by atoms with van der Waals surface area (Å²) in [6, 6.07) is 9.85. The van der Waals surface area contributed by atoms with Crippen LogP contribution in [0.15, 0.2) is 30.3 Å². The molecule has 5 nitrogen and oxygen atoms in total. The molecule has 1 aromatic rings. The lowest BCUT2D eigenvalue weighted by Gasteiger charge is -2.28. The molecule has 0 bridgehead atoms. The van der Waals surface area contributed by atoms with Gasteiger partial charge in [-0.25, -0.2) is 4.79 Å². The molecular weight excluding hydrogens is 294 g/mol. The van der Waals surface area contributed by atoms with Crippen molar-refractivity contribution in [1.82, 2.24) is 4.90 Å². The molecule has 3 rings (SSSR count). The quantitative estimate of drug-likeness (QED) is 0.835. The second kappa shape index (κ2) is 8.31. The minimum absolute atomic E-state index is 0.101. The van der Waals surface area contributed by atoms with E-state index in [-0.39, 0.29) is 18.4 Å². The van der Waals surface area contributed by atoms with E-state index in [1.807, 2.05) is 30.3 Å². The average Bonchev–Trinajstić information content (AvgIpc) is 3.08. The third kappa shape index (κ3) is 4.69. The zero-order chi connectivity index (χ0) is 15.9. The second-order valence-corrected chi connectivity index (χ2v) is 6.16. The molecule has 1 amide bonds. The second-order valence-electron chi connectivity index (χ2n) is 6.16. The van der Waals surface area contributed by atoms with E-state index in [2.05, 4.69) is 0 Å². The van der Waals surface area contributed by atoms with Gasteiger partial charge in [-0.05, 0) is 37.7 Å². The number of ether oxygens (including phenoxy) is 3. The summed E-state index contributed by atoms with van der Waals surface area (Å²) in [5, 5.41) is 0. The summed E-state index contributed by atoms with van der Waals surface area (Å²) in [5.74, 6) is 0. The lowest BCUT2D eigenvalue weighted by Crippen LogP contribution is -2.40. The van der Waals surface area contributed by atoms with Crippen LogP contribution in [0.1, 0.15) is 37.7 Å². The summed E-state index contributed by atoms with van der Waals surface area (Å²) in [4.78, 5) is 14.1. The Morgan fingerprint density at radius 1 is 1.17 bits per heavy atom. The molecule has 126 valence electrons. The summed E-state index contributed by atoms with van der Waals surface area (Å²) in [7, 11) is 0. The predicted molar refractivity (Wildman–Crippen MR) is 85.9 cm³/mol. The Bertz CT molecular complexity index is 487. The molecule has 0 aromatic heterocycles. The van der Waals surface area contributed by atoms with Gasteiger partial charge < -0.3 is 19.1 Å². The van der Waals surface area contributed by atoms with Crippen molar-refractivity contribution >= 4 is 6.09 Å². The van der Waals surface area contributed by atoms with Crippen LogP contribution in [0.25, 0.3) is 0 Å². The molecule has 2 heterocycles. The van der Waals surface area contributed by atoms with Gasteiger partial charge in [0.15, 0.2) is 6.29 Å². The van der Waals surface area contributed by atoms with Crippen LogP contribution in [-0.4, -0.2) is 43.1 Å². The highest BCUT2D eigenvalue weighted by Crippen LogP contribution is 2.21. The highest BCUT2D eigenvalue weighted by Gasteiger charge is 2.31. The Labute approximate surface area is 137 Å². The Morgan fingerprint density at radius 2 is 2.04 bits per heavy atom. The van der Waals surface area contributed by atoms with Crippen molar-refractivity contribution in [2.45, 2.75) is 51.0 Å². The van der Waals surface area contributed by atoms with Crippen molar-refractivity contribution < 1.29 is 19.0 Å². The summed E-state index contributed by atoms with van der Waals surface area (Å²) in [6.45, 7) is 2.37. The lowest BCUT2D eigenvalue weighted by atomic mass is 10.2. The maximum absolute atomic E-state index is 12.3. The molecular formula is C18H25NO4. The Kier molecular flexibility index (Phi) is 5.88. The van der Waals surface area contributed by atoms with Gasteiger partial charge in [0.2, 0.25) is 0 Å². The summed E-state index contributed by atoms with van der Waals surface area (Å²) in [5.41, 5.74) is 1.00. The molecule has 2 aliphatic heterocycles. The van der Waals surface area contributed by atoms with Gasteiger partial charge in [0.25, 0.3) is 0 Å². The number of carbonyl (C=O) groups is 1. The highest BCUT2D eigenvalue weighted by molar-refractivity contribution is 5.68. The standard InChI is InChI=1S/C18H25NO4/c20-18(23-13-15-7-2-1-3-8-15)19-11-6-9-16(19)14-22-17-10-4-5-12-21-17/h1-3,7-8,16-17H,4-6,9-14H2/t16?,17-/m0/s1. The fourth-order valence-electron chi connectivity index (χ4n) is 3.11. The van der Waals surface area contributed by atoms with Crippen LogP contribution in [0.3, 0.4) is 0 Å².